The molecular formula is C14H25N3O2S. The molecule has 1 unspecified atom stereocenters. The molecule has 2 heterocycles. The maximum absolute atomic E-state index is 12.3. The molecule has 0 aromatic rings. The molecular weight excluding hydrogens is 274 g/mol. The molecule has 2 fully saturated rings. The first-order valence-corrected chi connectivity index (χ1v) is 8.38. The first-order valence-electron chi connectivity index (χ1n) is 7.22. The Bertz CT molecular complexity index is 377. The fraction of sp³-hybridized carbons (Fsp3) is 0.857. The Labute approximate surface area is 125 Å². The van der Waals surface area contributed by atoms with Gasteiger partial charge in [-0.3, -0.25) is 9.59 Å². The predicted molar refractivity (Wildman–Crippen MR) is 81.4 cm³/mol. The van der Waals surface area contributed by atoms with Gasteiger partial charge in [0, 0.05) is 37.7 Å². The second kappa shape index (κ2) is 6.35. The minimum atomic E-state index is -0.289. The highest BCUT2D eigenvalue weighted by atomic mass is 32.2. The third-order valence-electron chi connectivity index (χ3n) is 3.62. The van der Waals surface area contributed by atoms with Crippen LogP contribution in [0.1, 0.15) is 27.2 Å². The van der Waals surface area contributed by atoms with E-state index in [0.717, 1.165) is 13.1 Å². The van der Waals surface area contributed by atoms with Crippen molar-refractivity contribution in [1.82, 2.24) is 15.5 Å². The van der Waals surface area contributed by atoms with E-state index in [1.807, 2.05) is 20.8 Å². The van der Waals surface area contributed by atoms with Crippen LogP contribution < -0.4 is 10.6 Å². The quantitative estimate of drug-likeness (QED) is 0.800. The number of nitrogens with one attached hydrogen (secondary N) is 2. The van der Waals surface area contributed by atoms with Crippen molar-refractivity contribution in [2.24, 2.45) is 11.3 Å². The molecule has 5 nitrogen and oxygen atoms in total. The summed E-state index contributed by atoms with van der Waals surface area (Å²) in [4.78, 5) is 26.3. The summed E-state index contributed by atoms with van der Waals surface area (Å²) in [5.74, 6) is 1.99. The van der Waals surface area contributed by atoms with Crippen LogP contribution in [0.25, 0.3) is 0 Å². The molecule has 1 atom stereocenters. The number of hydrogen-bond donors (Lipinski definition) is 2. The van der Waals surface area contributed by atoms with E-state index in [0.29, 0.717) is 30.5 Å². The Hall–Kier alpha value is -0.750. The molecule has 0 spiro atoms. The summed E-state index contributed by atoms with van der Waals surface area (Å²) in [6, 6.07) is -0.289. The number of rotatable bonds is 4. The van der Waals surface area contributed by atoms with Gasteiger partial charge in [-0.25, -0.2) is 0 Å². The van der Waals surface area contributed by atoms with Crippen molar-refractivity contribution in [2.45, 2.75) is 33.2 Å². The van der Waals surface area contributed by atoms with E-state index in [2.05, 4.69) is 10.6 Å². The Morgan fingerprint density at radius 3 is 2.60 bits per heavy atom. The highest BCUT2D eigenvalue weighted by Crippen LogP contribution is 2.26. The molecule has 0 aromatic heterocycles. The van der Waals surface area contributed by atoms with Crippen LogP contribution in [0.3, 0.4) is 0 Å². The third-order valence-corrected chi connectivity index (χ3v) is 4.63. The Balaban J connectivity index is 1.85. The van der Waals surface area contributed by atoms with Crippen molar-refractivity contribution in [2.75, 3.05) is 31.3 Å². The van der Waals surface area contributed by atoms with Crippen LogP contribution >= 0.6 is 11.8 Å². The first kappa shape index (κ1) is 15.6. The largest absolute Gasteiger partial charge is 0.354 e. The number of carbonyl (C=O) groups is 2. The minimum absolute atomic E-state index is 0.00385. The van der Waals surface area contributed by atoms with Gasteiger partial charge in [-0.15, -0.1) is 11.8 Å². The maximum Gasteiger partial charge on any atom is 0.243 e. The Morgan fingerprint density at radius 2 is 2.05 bits per heavy atom. The zero-order valence-corrected chi connectivity index (χ0v) is 13.4. The van der Waals surface area contributed by atoms with Crippen LogP contribution in [0.5, 0.6) is 0 Å². The average Bonchev–Trinajstić information content (AvgIpc) is 2.72. The van der Waals surface area contributed by atoms with Crippen molar-refractivity contribution >= 4 is 23.6 Å². The van der Waals surface area contributed by atoms with Crippen molar-refractivity contribution < 1.29 is 9.59 Å². The third kappa shape index (κ3) is 4.12. The van der Waals surface area contributed by atoms with Gasteiger partial charge in [-0.2, -0.15) is 0 Å². The van der Waals surface area contributed by atoms with E-state index in [1.54, 1.807) is 16.7 Å². The van der Waals surface area contributed by atoms with Crippen LogP contribution in [-0.4, -0.2) is 54.0 Å². The van der Waals surface area contributed by atoms with Crippen molar-refractivity contribution in [3.05, 3.63) is 0 Å². The molecule has 2 saturated heterocycles. The average molecular weight is 299 g/mol. The lowest BCUT2D eigenvalue weighted by Gasteiger charge is -2.29. The van der Waals surface area contributed by atoms with Gasteiger partial charge in [0.1, 0.15) is 6.04 Å². The van der Waals surface area contributed by atoms with Crippen molar-refractivity contribution in [3.8, 4) is 0 Å². The summed E-state index contributed by atoms with van der Waals surface area (Å²) < 4.78 is 0. The number of nitrogens with zero attached hydrogens (tertiary/aromatic N) is 1. The molecule has 2 N–H and O–H groups in total. The lowest BCUT2D eigenvalue weighted by molar-refractivity contribution is -0.139. The summed E-state index contributed by atoms with van der Waals surface area (Å²) in [6.07, 6.45) is 0.490. The Morgan fingerprint density at radius 1 is 1.35 bits per heavy atom. The molecule has 6 heteroatoms. The molecule has 0 aliphatic carbocycles. The van der Waals surface area contributed by atoms with Gasteiger partial charge in [-0.05, 0) is 5.41 Å². The molecule has 114 valence electrons. The van der Waals surface area contributed by atoms with Crippen molar-refractivity contribution in [3.63, 3.8) is 0 Å². The fourth-order valence-corrected chi connectivity index (χ4v) is 3.50. The minimum Gasteiger partial charge on any atom is -0.354 e. The summed E-state index contributed by atoms with van der Waals surface area (Å²) in [6.45, 7) is 8.82. The smallest absolute Gasteiger partial charge is 0.243 e. The lowest BCUT2D eigenvalue weighted by Crippen LogP contribution is -2.52. The second-order valence-corrected chi connectivity index (χ2v) is 7.89. The van der Waals surface area contributed by atoms with Crippen LogP contribution in [0.2, 0.25) is 0 Å². The van der Waals surface area contributed by atoms with Gasteiger partial charge in [0.25, 0.3) is 0 Å². The van der Waals surface area contributed by atoms with Gasteiger partial charge in [0.05, 0.1) is 5.88 Å². The van der Waals surface area contributed by atoms with Gasteiger partial charge < -0.3 is 15.5 Å². The number of carbonyl (C=O) groups excluding carboxylic acids is 2. The molecule has 0 bridgehead atoms. The van der Waals surface area contributed by atoms with Gasteiger partial charge in [0.2, 0.25) is 11.8 Å². The van der Waals surface area contributed by atoms with Gasteiger partial charge >= 0.3 is 0 Å². The molecule has 0 aromatic carbocycles. The molecule has 20 heavy (non-hydrogen) atoms. The number of hydrogen-bond acceptors (Lipinski definition) is 4. The van der Waals surface area contributed by atoms with Crippen LogP contribution in [0.4, 0.5) is 0 Å². The number of amides is 2. The molecule has 2 aliphatic rings. The lowest BCUT2D eigenvalue weighted by atomic mass is 9.91. The van der Waals surface area contributed by atoms with Crippen LogP contribution in [0.15, 0.2) is 0 Å². The van der Waals surface area contributed by atoms with E-state index in [9.17, 15) is 9.59 Å². The number of thioether (sulfide) groups is 1. The SMILES string of the molecule is CC(C)(C)CC(=O)N1CSCC1C(=O)NCC1CNC1. The van der Waals surface area contributed by atoms with E-state index in [1.165, 1.54) is 0 Å². The predicted octanol–water partition coefficient (Wildman–Crippen LogP) is 0.660. The summed E-state index contributed by atoms with van der Waals surface area (Å²) in [5, 5.41) is 6.18. The van der Waals surface area contributed by atoms with E-state index in [-0.39, 0.29) is 23.3 Å². The summed E-state index contributed by atoms with van der Waals surface area (Å²) in [5.41, 5.74) is -0.0387. The highest BCUT2D eigenvalue weighted by molar-refractivity contribution is 7.99. The van der Waals surface area contributed by atoms with Crippen LogP contribution in [0, 0.1) is 11.3 Å². The topological polar surface area (TPSA) is 61.4 Å². The van der Waals surface area contributed by atoms with E-state index < -0.39 is 0 Å². The summed E-state index contributed by atoms with van der Waals surface area (Å²) in [7, 11) is 0. The maximum atomic E-state index is 12.3. The first-order chi connectivity index (χ1) is 9.37. The molecule has 2 aliphatic heterocycles. The van der Waals surface area contributed by atoms with Crippen LogP contribution in [-0.2, 0) is 9.59 Å². The van der Waals surface area contributed by atoms with E-state index in [4.69, 9.17) is 0 Å². The normalized spacial score (nSPS) is 23.6. The summed E-state index contributed by atoms with van der Waals surface area (Å²) >= 11 is 1.66. The molecule has 0 saturated carbocycles. The van der Waals surface area contributed by atoms with Crippen molar-refractivity contribution in [1.29, 1.82) is 0 Å². The second-order valence-electron chi connectivity index (χ2n) is 6.89. The monoisotopic (exact) mass is 299 g/mol. The zero-order chi connectivity index (χ0) is 14.8. The molecule has 2 amide bonds. The van der Waals surface area contributed by atoms with Gasteiger partial charge in [0.15, 0.2) is 0 Å². The highest BCUT2D eigenvalue weighted by Gasteiger charge is 2.36. The Kier molecular flexibility index (Phi) is 4.96. The molecule has 0 radical (unpaired) electrons. The van der Waals surface area contributed by atoms with E-state index >= 15 is 0 Å². The fourth-order valence-electron chi connectivity index (χ4n) is 2.32. The standard InChI is InChI=1S/C14H25N3O2S/c1-14(2,3)4-12(18)17-9-20-8-11(17)13(19)16-7-10-5-15-6-10/h10-11,15H,4-9H2,1-3H3,(H,16,19). The molecule has 2 rings (SSSR count). The zero-order valence-electron chi connectivity index (χ0n) is 12.6. The van der Waals surface area contributed by atoms with Gasteiger partial charge in [-0.1, -0.05) is 20.8 Å².